The van der Waals surface area contributed by atoms with E-state index in [1.165, 1.54) is 14.0 Å². The minimum absolute atomic E-state index is 0.196. The first-order chi connectivity index (χ1) is 22.5. The molecule has 4 aliphatic rings. The molecule has 0 aromatic carbocycles. The Labute approximate surface area is 282 Å². The number of fused-ring (bicyclic) bond motifs is 2. The Morgan fingerprint density at radius 3 is 2.15 bits per heavy atom. The van der Waals surface area contributed by atoms with Gasteiger partial charge in [-0.3, -0.25) is 14.1 Å². The van der Waals surface area contributed by atoms with E-state index < -0.39 is 77.3 Å². The molecular formula is C31H54N3O13S+. The first kappa shape index (κ1) is 39.0. The highest BCUT2D eigenvalue weighted by Gasteiger charge is 2.51. The molecule has 13 atom stereocenters. The van der Waals surface area contributed by atoms with Gasteiger partial charge in [0.15, 0.2) is 6.29 Å². The minimum atomic E-state index is -4.06. The second-order valence-electron chi connectivity index (χ2n) is 14.3. The van der Waals surface area contributed by atoms with Gasteiger partial charge < -0.3 is 54.5 Å². The summed E-state index contributed by atoms with van der Waals surface area (Å²) in [6.07, 6.45) is -6.75. The van der Waals surface area contributed by atoms with Crippen LogP contribution in [0.3, 0.4) is 0 Å². The summed E-state index contributed by atoms with van der Waals surface area (Å²) in [6, 6.07) is 0. The fourth-order valence-corrected chi connectivity index (χ4v) is 7.75. The Bertz CT molecular complexity index is 1240. The number of hydrogen-bond acceptors (Lipinski definition) is 12. The Morgan fingerprint density at radius 2 is 1.54 bits per heavy atom. The van der Waals surface area contributed by atoms with Crippen LogP contribution in [-0.2, 0) is 38.7 Å². The molecule has 2 aliphatic carbocycles. The summed E-state index contributed by atoms with van der Waals surface area (Å²) in [5.74, 6) is 0.242. The summed E-state index contributed by atoms with van der Waals surface area (Å²) in [5, 5.41) is 49.1. The lowest BCUT2D eigenvalue weighted by molar-refractivity contribution is -0.889. The third-order valence-electron chi connectivity index (χ3n) is 10.1. The number of quaternary nitrogens is 1. The van der Waals surface area contributed by atoms with Gasteiger partial charge in [0.1, 0.15) is 36.6 Å². The number of hydrogen-bond donors (Lipinski definition) is 7. The predicted molar refractivity (Wildman–Crippen MR) is 170 cm³/mol. The number of rotatable bonds is 16. The van der Waals surface area contributed by atoms with Crippen molar-refractivity contribution in [1.82, 2.24) is 10.6 Å². The lowest BCUT2D eigenvalue weighted by atomic mass is 9.92. The van der Waals surface area contributed by atoms with Crippen molar-refractivity contribution in [1.29, 1.82) is 0 Å². The van der Waals surface area contributed by atoms with Crippen LogP contribution < -0.4 is 10.6 Å². The zero-order valence-corrected chi connectivity index (χ0v) is 28.9. The van der Waals surface area contributed by atoms with E-state index in [9.17, 15) is 38.4 Å². The molecule has 2 amide bonds. The molecule has 2 bridgehead atoms. The van der Waals surface area contributed by atoms with Crippen LogP contribution in [0.4, 0.5) is 0 Å². The van der Waals surface area contributed by atoms with Gasteiger partial charge in [0, 0.05) is 20.1 Å². The maximum atomic E-state index is 13.0. The maximum Gasteiger partial charge on any atom is 0.265 e. The fourth-order valence-electron chi connectivity index (χ4n) is 7.26. The van der Waals surface area contributed by atoms with Gasteiger partial charge in [-0.2, -0.15) is 8.42 Å². The predicted octanol–water partition coefficient (Wildman–Crippen LogP) is -2.08. The zero-order valence-electron chi connectivity index (χ0n) is 28.1. The van der Waals surface area contributed by atoms with Gasteiger partial charge in [-0.25, -0.2) is 0 Å². The van der Waals surface area contributed by atoms with Gasteiger partial charge in [-0.05, 0) is 37.5 Å². The van der Waals surface area contributed by atoms with E-state index >= 15 is 0 Å². The van der Waals surface area contributed by atoms with Crippen LogP contribution in [0.15, 0.2) is 12.2 Å². The SMILES string of the molecule is CO[C@@H]1C(CC(=O)NCC2CC3C=CC2C3)O[C@@H](O[C@@H]2C(CC(=O)NCC[N+](C)(C)CCCS(=O)(=O)O)O[C@@H](C)C(O)[C@H]2O)C(O)[C@H]1O. The normalized spacial score (nSPS) is 38.2. The summed E-state index contributed by atoms with van der Waals surface area (Å²) in [7, 11) is 0.974. The summed E-state index contributed by atoms with van der Waals surface area (Å²) in [4.78, 5) is 25.9. The lowest BCUT2D eigenvalue weighted by Gasteiger charge is -2.46. The number of nitrogens with one attached hydrogen (secondary N) is 2. The molecule has 1 saturated carbocycles. The molecule has 2 saturated heterocycles. The second-order valence-corrected chi connectivity index (χ2v) is 15.9. The van der Waals surface area contributed by atoms with E-state index in [0.29, 0.717) is 41.9 Å². The number of methoxy groups -OCH3 is 1. The average molecular weight is 709 g/mol. The van der Waals surface area contributed by atoms with Crippen molar-refractivity contribution in [2.75, 3.05) is 53.1 Å². The summed E-state index contributed by atoms with van der Waals surface area (Å²) in [5.41, 5.74) is 0. The number of carbonyl (C=O) groups is 2. The summed E-state index contributed by atoms with van der Waals surface area (Å²) < 4.78 is 54.5. The van der Waals surface area contributed by atoms with E-state index in [2.05, 4.69) is 22.8 Å². The molecule has 48 heavy (non-hydrogen) atoms. The van der Waals surface area contributed by atoms with E-state index in [1.54, 1.807) is 0 Å². The van der Waals surface area contributed by atoms with Crippen molar-refractivity contribution >= 4 is 21.9 Å². The van der Waals surface area contributed by atoms with Gasteiger partial charge in [-0.1, -0.05) is 12.2 Å². The largest absolute Gasteiger partial charge is 0.388 e. The average Bonchev–Trinajstić information content (AvgIpc) is 3.62. The fraction of sp³-hybridized carbons (Fsp3) is 0.871. The van der Waals surface area contributed by atoms with Crippen molar-refractivity contribution in [3.63, 3.8) is 0 Å². The van der Waals surface area contributed by atoms with Crippen LogP contribution >= 0.6 is 0 Å². The molecule has 0 spiro atoms. The number of amides is 2. The van der Waals surface area contributed by atoms with Crippen LogP contribution in [0.1, 0.15) is 39.0 Å². The third-order valence-corrected chi connectivity index (χ3v) is 10.9. The van der Waals surface area contributed by atoms with E-state index in [1.807, 2.05) is 14.1 Å². The Morgan fingerprint density at radius 1 is 0.896 bits per heavy atom. The molecule has 0 aromatic heterocycles. The standard InChI is InChI=1S/C31H53N3O13S/c1-17-25(37)26(38)30(22(45-17)15-23(35)32-8-10-34(2,3)9-5-11-48(41,42)43)47-31-28(40)27(39)29(44-4)21(46-31)14-24(36)33-16-20-13-18-6-7-19(20)12-18/h6-7,17-22,25-31,37-40H,5,8-16H2,1-4H3,(H2-,32,33,35,36,41,42,43)/p+1/t17-,18?,19?,20?,21?,22?,25?,26+,27+,28?,29+,30+,31-/m0/s1. The van der Waals surface area contributed by atoms with Crippen molar-refractivity contribution < 1.29 is 66.4 Å². The molecule has 2 aliphatic heterocycles. The second kappa shape index (κ2) is 16.5. The van der Waals surface area contributed by atoms with Crippen molar-refractivity contribution in [2.24, 2.45) is 17.8 Å². The number of carbonyl (C=O) groups excluding carboxylic acids is 2. The highest BCUT2D eigenvalue weighted by molar-refractivity contribution is 7.85. The topological polar surface area (TPSA) is 230 Å². The van der Waals surface area contributed by atoms with Crippen LogP contribution in [0.25, 0.3) is 0 Å². The van der Waals surface area contributed by atoms with Crippen LogP contribution in [0.2, 0.25) is 0 Å². The molecular weight excluding hydrogens is 654 g/mol. The quantitative estimate of drug-likeness (QED) is 0.0520. The van der Waals surface area contributed by atoms with Gasteiger partial charge in [-0.15, -0.1) is 0 Å². The van der Waals surface area contributed by atoms with Crippen molar-refractivity contribution in [3.05, 3.63) is 12.2 Å². The highest BCUT2D eigenvalue weighted by Crippen LogP contribution is 2.43. The van der Waals surface area contributed by atoms with Gasteiger partial charge in [0.05, 0.1) is 70.6 Å². The summed E-state index contributed by atoms with van der Waals surface area (Å²) >= 11 is 0. The molecule has 4 rings (SSSR count). The Hall–Kier alpha value is -1.77. The molecule has 3 fully saturated rings. The molecule has 0 radical (unpaired) electrons. The lowest BCUT2D eigenvalue weighted by Crippen LogP contribution is -2.64. The number of allylic oxidation sites excluding steroid dienone is 2. The molecule has 2 heterocycles. The number of likely N-dealkylation sites (N-methyl/N-ethyl adjacent to an activating group) is 1. The van der Waals surface area contributed by atoms with Gasteiger partial charge in [0.25, 0.3) is 10.1 Å². The zero-order chi connectivity index (χ0) is 35.4. The molecule has 7 N–H and O–H groups in total. The maximum absolute atomic E-state index is 13.0. The molecule has 0 aromatic rings. The van der Waals surface area contributed by atoms with Crippen molar-refractivity contribution in [2.45, 2.75) is 100 Å². The smallest absolute Gasteiger partial charge is 0.265 e. The Kier molecular flexibility index (Phi) is 13.4. The number of ether oxygens (including phenoxy) is 4. The molecule has 16 nitrogen and oxygen atoms in total. The van der Waals surface area contributed by atoms with E-state index in [4.69, 9.17) is 23.5 Å². The molecule has 276 valence electrons. The number of aliphatic hydroxyl groups excluding tert-OH is 4. The van der Waals surface area contributed by atoms with Crippen LogP contribution in [0.5, 0.6) is 0 Å². The first-order valence-electron chi connectivity index (χ1n) is 16.7. The monoisotopic (exact) mass is 708 g/mol. The highest BCUT2D eigenvalue weighted by atomic mass is 32.2. The van der Waals surface area contributed by atoms with Crippen molar-refractivity contribution in [3.8, 4) is 0 Å². The number of aliphatic hydroxyl groups is 4. The van der Waals surface area contributed by atoms with Gasteiger partial charge in [0.2, 0.25) is 11.8 Å². The van der Waals surface area contributed by atoms with Crippen LogP contribution in [0, 0.1) is 17.8 Å². The number of nitrogens with zero attached hydrogens (tertiary/aromatic N) is 1. The van der Waals surface area contributed by atoms with E-state index in [-0.39, 0.29) is 37.5 Å². The van der Waals surface area contributed by atoms with E-state index in [0.717, 1.165) is 12.8 Å². The van der Waals surface area contributed by atoms with Crippen LogP contribution in [-0.4, -0.2) is 164 Å². The third kappa shape index (κ3) is 10.4. The minimum Gasteiger partial charge on any atom is -0.388 e. The van der Waals surface area contributed by atoms with Gasteiger partial charge >= 0.3 is 0 Å². The summed E-state index contributed by atoms with van der Waals surface area (Å²) in [6.45, 7) is 3.17. The Balaban J connectivity index is 1.34. The molecule has 7 unspecified atom stereocenters. The first-order valence-corrected chi connectivity index (χ1v) is 18.3. The molecule has 17 heteroatoms.